The van der Waals surface area contributed by atoms with E-state index < -0.39 is 0 Å². The van der Waals surface area contributed by atoms with Crippen LogP contribution in [0.4, 0.5) is 0 Å². The summed E-state index contributed by atoms with van der Waals surface area (Å²) in [7, 11) is 0. The molecule has 3 aliphatic rings. The molecule has 45 heavy (non-hydrogen) atoms. The molecule has 0 fully saturated rings. The van der Waals surface area contributed by atoms with Crippen LogP contribution in [0.15, 0.2) is 169 Å². The SMILES string of the molecule is C1=CC=C(C2=CC(c3ccccc3)=CC(c3ncnc(-c4cc(CC5=CCCC=C5)cc(-c5ccccc5)c4)n3)=CC2)CC=C1. The van der Waals surface area contributed by atoms with Gasteiger partial charge in [0.05, 0.1) is 0 Å². The van der Waals surface area contributed by atoms with Crippen molar-refractivity contribution in [2.75, 3.05) is 0 Å². The van der Waals surface area contributed by atoms with Crippen LogP contribution in [0.3, 0.4) is 0 Å². The molecule has 0 saturated heterocycles. The van der Waals surface area contributed by atoms with Crippen LogP contribution in [-0.4, -0.2) is 15.0 Å². The maximum Gasteiger partial charge on any atom is 0.163 e. The Morgan fingerprint density at radius 1 is 0.578 bits per heavy atom. The lowest BCUT2D eigenvalue weighted by Gasteiger charge is -2.12. The van der Waals surface area contributed by atoms with E-state index >= 15 is 0 Å². The summed E-state index contributed by atoms with van der Waals surface area (Å²) in [5, 5.41) is 0. The normalized spacial score (nSPS) is 16.1. The van der Waals surface area contributed by atoms with Gasteiger partial charge in [-0.15, -0.1) is 0 Å². The van der Waals surface area contributed by atoms with Crippen LogP contribution in [0, 0.1) is 0 Å². The Bertz CT molecular complexity index is 1950. The van der Waals surface area contributed by atoms with E-state index in [-0.39, 0.29) is 0 Å². The first-order valence-electron chi connectivity index (χ1n) is 15.7. The van der Waals surface area contributed by atoms with Crippen LogP contribution in [0.25, 0.3) is 33.7 Å². The van der Waals surface area contributed by atoms with Gasteiger partial charge >= 0.3 is 0 Å². The van der Waals surface area contributed by atoms with Gasteiger partial charge in [0, 0.05) is 11.1 Å². The van der Waals surface area contributed by atoms with Crippen molar-refractivity contribution in [3.63, 3.8) is 0 Å². The van der Waals surface area contributed by atoms with Gasteiger partial charge in [-0.2, -0.15) is 0 Å². The van der Waals surface area contributed by atoms with Crippen molar-refractivity contribution in [3.05, 3.63) is 186 Å². The van der Waals surface area contributed by atoms with Crippen molar-refractivity contribution in [1.29, 1.82) is 0 Å². The second-order valence-electron chi connectivity index (χ2n) is 11.6. The molecule has 3 heteroatoms. The second-order valence-corrected chi connectivity index (χ2v) is 11.6. The first-order chi connectivity index (χ1) is 22.3. The van der Waals surface area contributed by atoms with E-state index in [9.17, 15) is 0 Å². The van der Waals surface area contributed by atoms with Gasteiger partial charge in [-0.1, -0.05) is 127 Å². The molecule has 3 aromatic carbocycles. The van der Waals surface area contributed by atoms with Gasteiger partial charge < -0.3 is 0 Å². The summed E-state index contributed by atoms with van der Waals surface area (Å²) in [4.78, 5) is 14.5. The molecule has 1 aromatic heterocycles. The Morgan fingerprint density at radius 2 is 1.38 bits per heavy atom. The fraction of sp³-hybridized carbons (Fsp3) is 0.119. The molecule has 0 radical (unpaired) electrons. The minimum atomic E-state index is 0.682. The Balaban J connectivity index is 1.28. The van der Waals surface area contributed by atoms with Crippen molar-refractivity contribution < 1.29 is 0 Å². The van der Waals surface area contributed by atoms with E-state index in [2.05, 4.69) is 146 Å². The summed E-state index contributed by atoms with van der Waals surface area (Å²) in [6.45, 7) is 0. The van der Waals surface area contributed by atoms with Gasteiger partial charge in [-0.05, 0) is 94.9 Å². The Kier molecular flexibility index (Phi) is 8.50. The van der Waals surface area contributed by atoms with Crippen LogP contribution in [-0.2, 0) is 6.42 Å². The minimum absolute atomic E-state index is 0.682. The summed E-state index contributed by atoms with van der Waals surface area (Å²) in [5.74, 6) is 1.37. The number of hydrogen-bond acceptors (Lipinski definition) is 3. The molecule has 0 spiro atoms. The standard InChI is InChI=1S/C42H35N3/c1-2-9-17-33(16-8-1)36-22-23-37(28-39(27-36)35-20-12-5-13-21-35)41-43-30-44-42(45-41)40-26-32(24-31-14-6-3-7-15-31)25-38(29-40)34-18-10-4-11-19-34/h1-2,4-6,8-16,18-21,23,25-30H,3,7,17,22,24H2. The monoisotopic (exact) mass is 581 g/mol. The predicted molar refractivity (Wildman–Crippen MR) is 187 cm³/mol. The van der Waals surface area contributed by atoms with E-state index in [4.69, 9.17) is 15.0 Å². The second kappa shape index (κ2) is 13.5. The van der Waals surface area contributed by atoms with Crippen molar-refractivity contribution in [3.8, 4) is 22.5 Å². The zero-order chi connectivity index (χ0) is 30.3. The maximum atomic E-state index is 5.09. The average molecular weight is 582 g/mol. The van der Waals surface area contributed by atoms with E-state index in [0.717, 1.165) is 48.8 Å². The molecule has 0 atom stereocenters. The minimum Gasteiger partial charge on any atom is -0.217 e. The van der Waals surface area contributed by atoms with Crippen molar-refractivity contribution in [2.24, 2.45) is 0 Å². The molecule has 7 rings (SSSR count). The number of nitrogens with zero attached hydrogens (tertiary/aromatic N) is 3. The van der Waals surface area contributed by atoms with Gasteiger partial charge in [0.15, 0.2) is 11.6 Å². The highest BCUT2D eigenvalue weighted by Crippen LogP contribution is 2.33. The molecule has 0 aliphatic heterocycles. The molecule has 3 nitrogen and oxygen atoms in total. The topological polar surface area (TPSA) is 38.7 Å². The summed E-state index contributed by atoms with van der Waals surface area (Å²) in [6, 6.07) is 27.9. The number of rotatable bonds is 7. The van der Waals surface area contributed by atoms with Crippen LogP contribution in [0.1, 0.15) is 42.6 Å². The maximum absolute atomic E-state index is 5.09. The van der Waals surface area contributed by atoms with Gasteiger partial charge in [0.25, 0.3) is 0 Å². The van der Waals surface area contributed by atoms with Gasteiger partial charge in [0.1, 0.15) is 6.33 Å². The highest BCUT2D eigenvalue weighted by Gasteiger charge is 2.16. The Labute approximate surface area is 265 Å². The van der Waals surface area contributed by atoms with E-state index in [0.29, 0.717) is 11.6 Å². The lowest BCUT2D eigenvalue weighted by atomic mass is 9.94. The first-order valence-corrected chi connectivity index (χ1v) is 15.7. The number of hydrogen-bond donors (Lipinski definition) is 0. The largest absolute Gasteiger partial charge is 0.217 e. The molecule has 0 amide bonds. The molecule has 0 N–H and O–H groups in total. The lowest BCUT2D eigenvalue weighted by Crippen LogP contribution is -2.00. The van der Waals surface area contributed by atoms with Crippen molar-refractivity contribution >= 4 is 11.1 Å². The molecule has 0 saturated carbocycles. The summed E-state index contributed by atoms with van der Waals surface area (Å²) < 4.78 is 0. The smallest absolute Gasteiger partial charge is 0.163 e. The fourth-order valence-electron chi connectivity index (χ4n) is 6.06. The highest BCUT2D eigenvalue weighted by molar-refractivity contribution is 5.88. The van der Waals surface area contributed by atoms with Gasteiger partial charge in [-0.25, -0.2) is 15.0 Å². The van der Waals surface area contributed by atoms with Crippen molar-refractivity contribution in [2.45, 2.75) is 32.1 Å². The third-order valence-corrected chi connectivity index (χ3v) is 8.36. The van der Waals surface area contributed by atoms with E-state index in [1.54, 1.807) is 6.33 Å². The highest BCUT2D eigenvalue weighted by atomic mass is 15.0. The molecule has 1 heterocycles. The van der Waals surface area contributed by atoms with Crippen LogP contribution in [0.2, 0.25) is 0 Å². The Hall–Kier alpha value is -5.41. The van der Waals surface area contributed by atoms with E-state index in [1.807, 2.05) is 0 Å². The van der Waals surface area contributed by atoms with Gasteiger partial charge in [-0.3, -0.25) is 0 Å². The van der Waals surface area contributed by atoms with Crippen molar-refractivity contribution in [1.82, 2.24) is 15.0 Å². The summed E-state index contributed by atoms with van der Waals surface area (Å²) in [6.07, 6.45) is 30.9. The molecule has 0 bridgehead atoms. The summed E-state index contributed by atoms with van der Waals surface area (Å²) >= 11 is 0. The van der Waals surface area contributed by atoms with Crippen LogP contribution < -0.4 is 0 Å². The zero-order valence-corrected chi connectivity index (χ0v) is 25.3. The van der Waals surface area contributed by atoms with Gasteiger partial charge in [0.2, 0.25) is 0 Å². The van der Waals surface area contributed by atoms with E-state index in [1.165, 1.54) is 39.0 Å². The fourth-order valence-corrected chi connectivity index (χ4v) is 6.06. The summed E-state index contributed by atoms with van der Waals surface area (Å²) in [5.41, 5.74) is 11.9. The lowest BCUT2D eigenvalue weighted by molar-refractivity contribution is 0.993. The zero-order valence-electron chi connectivity index (χ0n) is 25.3. The van der Waals surface area contributed by atoms with Crippen LogP contribution >= 0.6 is 0 Å². The Morgan fingerprint density at radius 3 is 2.20 bits per heavy atom. The molecule has 3 aliphatic carbocycles. The number of benzene rings is 3. The molecule has 218 valence electrons. The third-order valence-electron chi connectivity index (χ3n) is 8.36. The average Bonchev–Trinajstić information content (AvgIpc) is 3.52. The molecule has 4 aromatic rings. The first kappa shape index (κ1) is 28.4. The number of allylic oxidation sites excluding steroid dienone is 16. The van der Waals surface area contributed by atoms with Crippen LogP contribution in [0.5, 0.6) is 0 Å². The third kappa shape index (κ3) is 6.89. The number of aromatic nitrogens is 3. The molecular weight excluding hydrogens is 546 g/mol. The molecular formula is C42H35N3. The molecule has 0 unspecified atom stereocenters. The quantitative estimate of drug-likeness (QED) is 0.218. The predicted octanol–water partition coefficient (Wildman–Crippen LogP) is 10.3.